The number of thiophene rings is 1. The number of carbonyl (C=O) groups is 2. The van der Waals surface area contributed by atoms with Crippen LogP contribution in [0.5, 0.6) is 0 Å². The monoisotopic (exact) mass is 359 g/mol. The van der Waals surface area contributed by atoms with Crippen LogP contribution in [0, 0.1) is 13.8 Å². The Kier molecular flexibility index (Phi) is 4.75. The van der Waals surface area contributed by atoms with E-state index in [0.29, 0.717) is 28.3 Å². The second-order valence-electron chi connectivity index (χ2n) is 5.42. The maximum Gasteiger partial charge on any atom is 0.340 e. The van der Waals surface area contributed by atoms with Crippen LogP contribution in [0.3, 0.4) is 0 Å². The Labute approximate surface area is 147 Å². The molecule has 0 saturated heterocycles. The zero-order valence-electron chi connectivity index (χ0n) is 14.1. The largest absolute Gasteiger partial charge is 0.462 e. The van der Waals surface area contributed by atoms with Crippen LogP contribution in [0.25, 0.3) is 11.4 Å². The summed E-state index contributed by atoms with van der Waals surface area (Å²) < 4.78 is 5.04. The number of rotatable bonds is 6. The Balaban J connectivity index is 1.80. The second-order valence-corrected chi connectivity index (χ2v) is 6.20. The molecule has 0 saturated carbocycles. The summed E-state index contributed by atoms with van der Waals surface area (Å²) in [5, 5.41) is 15.9. The number of hydrogen-bond acceptors (Lipinski definition) is 7. The van der Waals surface area contributed by atoms with Gasteiger partial charge in [0.25, 0.3) is 0 Å². The van der Waals surface area contributed by atoms with E-state index in [9.17, 15) is 9.59 Å². The number of esters is 1. The molecule has 0 aliphatic carbocycles. The molecule has 0 aliphatic heterocycles. The van der Waals surface area contributed by atoms with Crippen molar-refractivity contribution in [2.24, 2.45) is 0 Å². The Morgan fingerprint density at radius 3 is 2.84 bits per heavy atom. The van der Waals surface area contributed by atoms with Gasteiger partial charge < -0.3 is 9.72 Å². The summed E-state index contributed by atoms with van der Waals surface area (Å²) in [5.41, 5.74) is 2.79. The lowest BCUT2D eigenvalue weighted by molar-refractivity contribution is 0.0525. The van der Waals surface area contributed by atoms with Gasteiger partial charge in [0, 0.05) is 16.6 Å². The number of aromatic nitrogens is 5. The van der Waals surface area contributed by atoms with Gasteiger partial charge >= 0.3 is 5.97 Å². The minimum Gasteiger partial charge on any atom is -0.462 e. The molecule has 8 nitrogen and oxygen atoms in total. The number of aromatic amines is 1. The molecule has 3 aromatic rings. The standard InChI is InChI=1S/C16H17N5O3S/c1-4-24-16(23)13-9(2)14(17-10(13)3)12(22)7-21-19-15(18-20-21)11-5-6-25-8-11/h5-6,8,17H,4,7H2,1-3H3. The van der Waals surface area contributed by atoms with E-state index < -0.39 is 5.97 Å². The molecule has 0 fully saturated rings. The van der Waals surface area contributed by atoms with Gasteiger partial charge in [-0.1, -0.05) is 0 Å². The van der Waals surface area contributed by atoms with Crippen LogP contribution >= 0.6 is 11.3 Å². The van der Waals surface area contributed by atoms with Gasteiger partial charge in [-0.25, -0.2) is 4.79 Å². The van der Waals surface area contributed by atoms with E-state index in [2.05, 4.69) is 20.4 Å². The predicted octanol–water partition coefficient (Wildman–Crippen LogP) is 2.41. The molecular formula is C16H17N5O3S. The number of H-pyrrole nitrogens is 1. The van der Waals surface area contributed by atoms with E-state index >= 15 is 0 Å². The smallest absolute Gasteiger partial charge is 0.340 e. The van der Waals surface area contributed by atoms with E-state index in [-0.39, 0.29) is 18.9 Å². The van der Waals surface area contributed by atoms with Crippen molar-refractivity contribution in [2.45, 2.75) is 27.3 Å². The highest BCUT2D eigenvalue weighted by atomic mass is 32.1. The Hall–Kier alpha value is -2.81. The molecule has 1 N–H and O–H groups in total. The molecule has 0 radical (unpaired) electrons. The molecule has 25 heavy (non-hydrogen) atoms. The van der Waals surface area contributed by atoms with Crippen LogP contribution in [-0.2, 0) is 11.3 Å². The number of carbonyl (C=O) groups excluding carboxylic acids is 2. The van der Waals surface area contributed by atoms with Gasteiger partial charge in [0.2, 0.25) is 11.6 Å². The van der Waals surface area contributed by atoms with Crippen LogP contribution < -0.4 is 0 Å². The lowest BCUT2D eigenvalue weighted by Crippen LogP contribution is -2.15. The summed E-state index contributed by atoms with van der Waals surface area (Å²) in [7, 11) is 0. The van der Waals surface area contributed by atoms with E-state index in [1.54, 1.807) is 20.8 Å². The highest BCUT2D eigenvalue weighted by Gasteiger charge is 2.23. The highest BCUT2D eigenvalue weighted by Crippen LogP contribution is 2.20. The van der Waals surface area contributed by atoms with Gasteiger partial charge in [-0.3, -0.25) is 4.79 Å². The lowest BCUT2D eigenvalue weighted by atomic mass is 10.1. The van der Waals surface area contributed by atoms with Crippen molar-refractivity contribution < 1.29 is 14.3 Å². The van der Waals surface area contributed by atoms with Crippen molar-refractivity contribution in [3.63, 3.8) is 0 Å². The molecular weight excluding hydrogens is 342 g/mol. The Morgan fingerprint density at radius 2 is 2.16 bits per heavy atom. The first-order valence-electron chi connectivity index (χ1n) is 7.71. The van der Waals surface area contributed by atoms with Gasteiger partial charge in [0.05, 0.1) is 17.9 Å². The molecule has 130 valence electrons. The summed E-state index contributed by atoms with van der Waals surface area (Å²) in [4.78, 5) is 28.8. The average molecular weight is 359 g/mol. The zero-order chi connectivity index (χ0) is 18.0. The maximum absolute atomic E-state index is 12.6. The van der Waals surface area contributed by atoms with E-state index in [1.807, 2.05) is 16.8 Å². The Morgan fingerprint density at radius 1 is 1.36 bits per heavy atom. The van der Waals surface area contributed by atoms with E-state index in [1.165, 1.54) is 16.1 Å². The molecule has 0 aromatic carbocycles. The number of ether oxygens (including phenoxy) is 1. The number of nitrogens with zero attached hydrogens (tertiary/aromatic N) is 4. The molecule has 3 rings (SSSR count). The van der Waals surface area contributed by atoms with Crippen molar-refractivity contribution in [3.8, 4) is 11.4 Å². The fourth-order valence-electron chi connectivity index (χ4n) is 2.56. The SMILES string of the molecule is CCOC(=O)c1c(C)[nH]c(C(=O)Cn2nnc(-c3ccsc3)n2)c1C. The topological polar surface area (TPSA) is 103 Å². The minimum absolute atomic E-state index is 0.0693. The number of tetrazole rings is 1. The molecule has 0 atom stereocenters. The van der Waals surface area contributed by atoms with Crippen molar-refractivity contribution in [2.75, 3.05) is 6.61 Å². The van der Waals surface area contributed by atoms with Gasteiger partial charge in [0.15, 0.2) is 0 Å². The van der Waals surface area contributed by atoms with Crippen molar-refractivity contribution in [1.29, 1.82) is 0 Å². The first kappa shape index (κ1) is 17.0. The third kappa shape index (κ3) is 3.36. The quantitative estimate of drug-likeness (QED) is 0.535. The first-order chi connectivity index (χ1) is 12.0. The van der Waals surface area contributed by atoms with Crippen LogP contribution in [0.1, 0.15) is 39.0 Å². The number of ketones is 1. The first-order valence-corrected chi connectivity index (χ1v) is 8.65. The van der Waals surface area contributed by atoms with E-state index in [4.69, 9.17) is 4.74 Å². The number of nitrogens with one attached hydrogen (secondary N) is 1. The number of Topliss-reactive ketones (excluding diaryl/α,β-unsaturated/α-hetero) is 1. The summed E-state index contributed by atoms with van der Waals surface area (Å²) in [6.07, 6.45) is 0. The maximum atomic E-state index is 12.6. The molecule has 0 unspecified atom stereocenters. The molecule has 0 aliphatic rings. The second kappa shape index (κ2) is 6.98. The third-order valence-electron chi connectivity index (χ3n) is 3.71. The van der Waals surface area contributed by atoms with Crippen molar-refractivity contribution >= 4 is 23.1 Å². The Bertz CT molecular complexity index is 911. The van der Waals surface area contributed by atoms with Crippen molar-refractivity contribution in [3.05, 3.63) is 39.3 Å². The normalized spacial score (nSPS) is 10.8. The number of hydrogen-bond donors (Lipinski definition) is 1. The predicted molar refractivity (Wildman–Crippen MR) is 91.7 cm³/mol. The van der Waals surface area contributed by atoms with Gasteiger partial charge in [-0.2, -0.15) is 16.1 Å². The summed E-state index contributed by atoms with van der Waals surface area (Å²) >= 11 is 1.53. The molecule has 9 heteroatoms. The molecule has 0 amide bonds. The summed E-state index contributed by atoms with van der Waals surface area (Å²) in [5.74, 6) is -0.197. The van der Waals surface area contributed by atoms with Gasteiger partial charge in [-0.15, -0.1) is 10.2 Å². The summed E-state index contributed by atoms with van der Waals surface area (Å²) in [6.45, 7) is 5.40. The van der Waals surface area contributed by atoms with Crippen LogP contribution in [0.15, 0.2) is 16.8 Å². The average Bonchev–Trinajstić information content (AvgIpc) is 3.28. The zero-order valence-corrected chi connectivity index (χ0v) is 14.9. The van der Waals surface area contributed by atoms with Crippen LogP contribution in [-0.4, -0.2) is 43.6 Å². The molecule has 3 heterocycles. The van der Waals surface area contributed by atoms with Gasteiger partial charge in [0.1, 0.15) is 6.54 Å². The highest BCUT2D eigenvalue weighted by molar-refractivity contribution is 7.08. The lowest BCUT2D eigenvalue weighted by Gasteiger charge is -2.02. The fraction of sp³-hybridized carbons (Fsp3) is 0.312. The molecule has 3 aromatic heterocycles. The van der Waals surface area contributed by atoms with Crippen LogP contribution in [0.2, 0.25) is 0 Å². The fourth-order valence-corrected chi connectivity index (χ4v) is 3.20. The molecule has 0 spiro atoms. The van der Waals surface area contributed by atoms with Crippen LogP contribution in [0.4, 0.5) is 0 Å². The minimum atomic E-state index is -0.438. The number of aryl methyl sites for hydroxylation is 1. The summed E-state index contributed by atoms with van der Waals surface area (Å²) in [6, 6.07) is 1.89. The third-order valence-corrected chi connectivity index (χ3v) is 4.40. The molecule has 0 bridgehead atoms. The van der Waals surface area contributed by atoms with Gasteiger partial charge in [-0.05, 0) is 43.0 Å². The van der Waals surface area contributed by atoms with E-state index in [0.717, 1.165) is 5.56 Å². The van der Waals surface area contributed by atoms with Crippen molar-refractivity contribution in [1.82, 2.24) is 25.2 Å².